The van der Waals surface area contributed by atoms with E-state index in [0.29, 0.717) is 5.56 Å². The van der Waals surface area contributed by atoms with E-state index in [1.54, 1.807) is 42.5 Å². The molecule has 1 unspecified atom stereocenters. The highest BCUT2D eigenvalue weighted by atomic mass is 79.9. The number of alkyl halides is 3. The summed E-state index contributed by atoms with van der Waals surface area (Å²) in [4.78, 5) is 0. The van der Waals surface area contributed by atoms with Crippen molar-refractivity contribution in [2.45, 2.75) is 25.2 Å². The minimum Gasteiger partial charge on any atom is -0.302 e. The highest BCUT2D eigenvalue weighted by Gasteiger charge is 2.39. The largest absolute Gasteiger partial charge is 0.404 e. The minimum absolute atomic E-state index is 0.0686. The Morgan fingerprint density at radius 3 is 2.10 bits per heavy atom. The molecule has 0 amide bonds. The van der Waals surface area contributed by atoms with Crippen molar-refractivity contribution in [2.75, 3.05) is 0 Å². The quantitative estimate of drug-likeness (QED) is 0.816. The van der Waals surface area contributed by atoms with E-state index < -0.39 is 12.2 Å². The maximum absolute atomic E-state index is 13.1. The van der Waals surface area contributed by atoms with E-state index in [9.17, 15) is 13.2 Å². The third kappa shape index (κ3) is 5.17. The summed E-state index contributed by atoms with van der Waals surface area (Å²) in [6, 6.07) is 14.4. The average molecular weight is 358 g/mol. The molecule has 1 nitrogen and oxygen atoms in total. The Hall–Kier alpha value is -1.33. The van der Waals surface area contributed by atoms with Crippen molar-refractivity contribution in [1.29, 1.82) is 0 Å². The van der Waals surface area contributed by atoms with Crippen molar-refractivity contribution in [3.05, 3.63) is 70.2 Å². The van der Waals surface area contributed by atoms with Gasteiger partial charge in [-0.05, 0) is 29.7 Å². The molecule has 21 heavy (non-hydrogen) atoms. The first kappa shape index (κ1) is 16.0. The van der Waals surface area contributed by atoms with Crippen LogP contribution in [0.3, 0.4) is 0 Å². The summed E-state index contributed by atoms with van der Waals surface area (Å²) in [5.41, 5.74) is 1.49. The summed E-state index contributed by atoms with van der Waals surface area (Å²) in [7, 11) is 0. The van der Waals surface area contributed by atoms with Gasteiger partial charge in [0.15, 0.2) is 0 Å². The molecule has 2 aromatic carbocycles. The maximum atomic E-state index is 13.1. The highest BCUT2D eigenvalue weighted by Crippen LogP contribution is 2.23. The average Bonchev–Trinajstić information content (AvgIpc) is 2.45. The molecule has 0 heterocycles. The Morgan fingerprint density at radius 2 is 1.52 bits per heavy atom. The molecule has 112 valence electrons. The van der Waals surface area contributed by atoms with E-state index >= 15 is 0 Å². The van der Waals surface area contributed by atoms with Crippen molar-refractivity contribution >= 4 is 15.9 Å². The fraction of sp³-hybridized carbons (Fsp3) is 0.250. The second-order valence-corrected chi connectivity index (χ2v) is 5.71. The maximum Gasteiger partial charge on any atom is 0.404 e. The van der Waals surface area contributed by atoms with Crippen LogP contribution in [-0.4, -0.2) is 12.2 Å². The van der Waals surface area contributed by atoms with Crippen LogP contribution in [0.15, 0.2) is 59.1 Å². The van der Waals surface area contributed by atoms with Gasteiger partial charge in [-0.3, -0.25) is 0 Å². The number of rotatable bonds is 5. The van der Waals surface area contributed by atoms with Crippen molar-refractivity contribution in [3.8, 4) is 0 Å². The smallest absolute Gasteiger partial charge is 0.302 e. The second kappa shape index (κ2) is 7.09. The Balaban J connectivity index is 2.02. The van der Waals surface area contributed by atoms with Gasteiger partial charge >= 0.3 is 6.18 Å². The lowest BCUT2D eigenvalue weighted by Gasteiger charge is -2.22. The third-order valence-electron chi connectivity index (χ3n) is 3.14. The number of benzene rings is 2. The lowest BCUT2D eigenvalue weighted by Crippen LogP contribution is -2.43. The van der Waals surface area contributed by atoms with Gasteiger partial charge in [0, 0.05) is 11.0 Å². The van der Waals surface area contributed by atoms with Gasteiger partial charge in [0.2, 0.25) is 0 Å². The topological polar surface area (TPSA) is 12.0 Å². The molecule has 5 heteroatoms. The van der Waals surface area contributed by atoms with E-state index in [1.165, 1.54) is 0 Å². The van der Waals surface area contributed by atoms with E-state index in [4.69, 9.17) is 0 Å². The lowest BCUT2D eigenvalue weighted by atomic mass is 10.1. The molecule has 2 rings (SSSR count). The lowest BCUT2D eigenvalue weighted by molar-refractivity contribution is -0.155. The summed E-state index contributed by atoms with van der Waals surface area (Å²) in [6.07, 6.45) is -4.34. The van der Waals surface area contributed by atoms with Crippen LogP contribution in [-0.2, 0) is 13.0 Å². The fourth-order valence-corrected chi connectivity index (χ4v) is 2.26. The van der Waals surface area contributed by atoms with Crippen LogP contribution in [0.25, 0.3) is 0 Å². The van der Waals surface area contributed by atoms with E-state index in [0.717, 1.165) is 10.0 Å². The second-order valence-electron chi connectivity index (χ2n) is 4.79. The van der Waals surface area contributed by atoms with Gasteiger partial charge in [-0.1, -0.05) is 58.4 Å². The van der Waals surface area contributed by atoms with Crippen molar-refractivity contribution in [1.82, 2.24) is 5.32 Å². The molecule has 1 N–H and O–H groups in total. The van der Waals surface area contributed by atoms with Gasteiger partial charge in [-0.2, -0.15) is 13.2 Å². The standard InChI is InChI=1S/C16H15BrF3N/c17-14-8-6-13(7-9-14)11-21-15(16(18,19)20)10-12-4-2-1-3-5-12/h1-9,15,21H,10-11H2. The van der Waals surface area contributed by atoms with Crippen molar-refractivity contribution in [2.24, 2.45) is 0 Å². The first-order valence-corrected chi connectivity index (χ1v) is 7.33. The summed E-state index contributed by atoms with van der Waals surface area (Å²) in [5, 5.41) is 2.60. The Bertz CT molecular complexity index is 552. The van der Waals surface area contributed by atoms with E-state index in [2.05, 4.69) is 21.2 Å². The molecule has 0 radical (unpaired) electrons. The molecule has 1 atom stereocenters. The van der Waals surface area contributed by atoms with Crippen molar-refractivity contribution in [3.63, 3.8) is 0 Å². The number of hydrogen-bond donors (Lipinski definition) is 1. The Kier molecular flexibility index (Phi) is 5.42. The number of nitrogens with one attached hydrogen (secondary N) is 1. The van der Waals surface area contributed by atoms with Crippen LogP contribution in [0.2, 0.25) is 0 Å². The fourth-order valence-electron chi connectivity index (χ4n) is 2.00. The molecule has 0 saturated heterocycles. The summed E-state index contributed by atoms with van der Waals surface area (Å²) < 4.78 is 40.2. The molecule has 0 fully saturated rings. The number of hydrogen-bond acceptors (Lipinski definition) is 1. The van der Waals surface area contributed by atoms with Crippen molar-refractivity contribution < 1.29 is 13.2 Å². The minimum atomic E-state index is -4.27. The predicted octanol–water partition coefficient (Wildman–Crippen LogP) is 4.71. The zero-order chi connectivity index (χ0) is 15.3. The van der Waals surface area contributed by atoms with Gasteiger partial charge in [-0.15, -0.1) is 0 Å². The van der Waals surface area contributed by atoms with Crippen LogP contribution in [0.5, 0.6) is 0 Å². The summed E-state index contributed by atoms with van der Waals surface area (Å²) in [6.45, 7) is 0.185. The van der Waals surface area contributed by atoms with Crippen LogP contribution >= 0.6 is 15.9 Å². The third-order valence-corrected chi connectivity index (χ3v) is 3.67. The van der Waals surface area contributed by atoms with Crippen LogP contribution < -0.4 is 5.32 Å². The SMILES string of the molecule is FC(F)(F)C(Cc1ccccc1)NCc1ccc(Br)cc1. The summed E-state index contributed by atoms with van der Waals surface area (Å²) >= 11 is 3.30. The molecule has 0 aromatic heterocycles. The molecule has 0 spiro atoms. The highest BCUT2D eigenvalue weighted by molar-refractivity contribution is 9.10. The molecular weight excluding hydrogens is 343 g/mol. The Morgan fingerprint density at radius 1 is 0.905 bits per heavy atom. The zero-order valence-electron chi connectivity index (χ0n) is 11.2. The van der Waals surface area contributed by atoms with Crippen LogP contribution in [0, 0.1) is 0 Å². The van der Waals surface area contributed by atoms with Crippen LogP contribution in [0.1, 0.15) is 11.1 Å². The van der Waals surface area contributed by atoms with Crippen LogP contribution in [0.4, 0.5) is 13.2 Å². The monoisotopic (exact) mass is 357 g/mol. The van der Waals surface area contributed by atoms with Gasteiger partial charge in [0.1, 0.15) is 6.04 Å². The van der Waals surface area contributed by atoms with E-state index in [1.807, 2.05) is 12.1 Å². The van der Waals surface area contributed by atoms with Gasteiger partial charge in [0.05, 0.1) is 0 Å². The molecular formula is C16H15BrF3N. The van der Waals surface area contributed by atoms with Gasteiger partial charge in [0.25, 0.3) is 0 Å². The molecule has 0 saturated carbocycles. The normalized spacial score (nSPS) is 13.1. The molecule has 0 aliphatic heterocycles. The van der Waals surface area contributed by atoms with Gasteiger partial charge < -0.3 is 5.32 Å². The molecule has 0 aliphatic carbocycles. The van der Waals surface area contributed by atoms with E-state index in [-0.39, 0.29) is 13.0 Å². The first-order chi connectivity index (χ1) is 9.95. The summed E-state index contributed by atoms with van der Waals surface area (Å²) in [5.74, 6) is 0. The first-order valence-electron chi connectivity index (χ1n) is 6.53. The Labute approximate surface area is 130 Å². The predicted molar refractivity (Wildman–Crippen MR) is 81.0 cm³/mol. The molecule has 0 bridgehead atoms. The number of halogens is 4. The zero-order valence-corrected chi connectivity index (χ0v) is 12.8. The molecule has 0 aliphatic rings. The molecule has 2 aromatic rings. The van der Waals surface area contributed by atoms with Gasteiger partial charge in [-0.25, -0.2) is 0 Å².